The molecule has 3 aromatic rings. The van der Waals surface area contributed by atoms with E-state index < -0.39 is 13.0 Å². The van der Waals surface area contributed by atoms with Gasteiger partial charge in [0.2, 0.25) is 17.7 Å². The molecule has 3 aromatic heterocycles. The highest BCUT2D eigenvalue weighted by Gasteiger charge is 2.37. The van der Waals surface area contributed by atoms with E-state index in [9.17, 15) is 13.6 Å². The molecule has 0 unspecified atom stereocenters. The van der Waals surface area contributed by atoms with Crippen LogP contribution >= 0.6 is 0 Å². The molecule has 1 saturated heterocycles. The van der Waals surface area contributed by atoms with Crippen molar-refractivity contribution in [2.75, 3.05) is 46.2 Å². The van der Waals surface area contributed by atoms with E-state index in [0.717, 1.165) is 36.3 Å². The number of rotatable bonds is 8. The van der Waals surface area contributed by atoms with Crippen LogP contribution in [0, 0.1) is 5.41 Å². The predicted octanol–water partition coefficient (Wildman–Crippen LogP) is 2.68. The molecule has 0 saturated carbocycles. The Bertz CT molecular complexity index is 1400. The molecule has 0 radical (unpaired) electrons. The van der Waals surface area contributed by atoms with Gasteiger partial charge < -0.3 is 15.0 Å². The lowest BCUT2D eigenvalue weighted by molar-refractivity contribution is -0.130. The maximum Gasteiger partial charge on any atom is 0.258 e. The molecule has 11 nitrogen and oxygen atoms in total. The van der Waals surface area contributed by atoms with Gasteiger partial charge in [-0.2, -0.15) is 4.98 Å². The Kier molecular flexibility index (Phi) is 7.27. The van der Waals surface area contributed by atoms with Crippen molar-refractivity contribution in [2.45, 2.75) is 52.1 Å². The molecule has 5 rings (SSSR count). The first kappa shape index (κ1) is 27.0. The van der Waals surface area contributed by atoms with Crippen LogP contribution in [-0.4, -0.2) is 98.6 Å². The molecule has 13 heteroatoms. The zero-order chi connectivity index (χ0) is 27.9. The van der Waals surface area contributed by atoms with Crippen molar-refractivity contribution in [3.63, 3.8) is 0 Å². The number of alkyl halides is 2. The Balaban J connectivity index is 1.39. The third kappa shape index (κ3) is 5.45. The highest BCUT2D eigenvalue weighted by molar-refractivity contribution is 5.91. The molecular weight excluding hydrogens is 508 g/mol. The molecule has 1 amide bonds. The number of hydrogen-bond donors (Lipinski definition) is 1. The quantitative estimate of drug-likeness (QED) is 0.463. The lowest BCUT2D eigenvalue weighted by Crippen LogP contribution is -2.53. The number of halogens is 2. The van der Waals surface area contributed by atoms with E-state index in [1.165, 1.54) is 4.68 Å². The SMILES string of the molecule is COc1nc(N[C@H]2CCN(CC(=O)N(C)C)CC2(C)C)nn2ccc(C3=Cc4c(nnn4CC(F)F)CC3)c12. The standard InChI is InChI=1S/C26H35F2N9O2/c1-26(2)15-35(14-22(38)34(3)4)10-9-20(26)29-25-30-24(39-5)23-17(8-11-36(23)32-25)16-6-7-18-19(12-16)37(33-31-18)13-21(27)28/h8,11-12,20-21H,6-7,9-10,13-15H2,1-5H3,(H,29,32)/t20-/m0/s1. The smallest absolute Gasteiger partial charge is 0.258 e. The summed E-state index contributed by atoms with van der Waals surface area (Å²) in [6, 6.07) is 2.04. The van der Waals surface area contributed by atoms with Gasteiger partial charge in [0, 0.05) is 45.0 Å². The van der Waals surface area contributed by atoms with Gasteiger partial charge in [-0.05, 0) is 42.4 Å². The van der Waals surface area contributed by atoms with Crippen LogP contribution in [0.3, 0.4) is 0 Å². The van der Waals surface area contributed by atoms with Crippen LogP contribution < -0.4 is 10.1 Å². The molecule has 210 valence electrons. The Morgan fingerprint density at radius 1 is 1.31 bits per heavy atom. The summed E-state index contributed by atoms with van der Waals surface area (Å²) >= 11 is 0. The predicted molar refractivity (Wildman–Crippen MR) is 143 cm³/mol. The average Bonchev–Trinajstić information content (AvgIpc) is 3.48. The zero-order valence-electron chi connectivity index (χ0n) is 23.0. The first-order valence-corrected chi connectivity index (χ1v) is 13.1. The van der Waals surface area contributed by atoms with Crippen molar-refractivity contribution in [3.05, 3.63) is 29.2 Å². The molecule has 1 aliphatic heterocycles. The van der Waals surface area contributed by atoms with E-state index >= 15 is 0 Å². The minimum Gasteiger partial charge on any atom is -0.479 e. The summed E-state index contributed by atoms with van der Waals surface area (Å²) in [5.74, 6) is 0.972. The number of amides is 1. The number of fused-ring (bicyclic) bond motifs is 2. The highest BCUT2D eigenvalue weighted by atomic mass is 19.3. The number of anilines is 1. The van der Waals surface area contributed by atoms with Gasteiger partial charge in [-0.15, -0.1) is 10.2 Å². The van der Waals surface area contributed by atoms with Gasteiger partial charge in [0.05, 0.1) is 25.0 Å². The molecule has 2 aliphatic rings. The first-order chi connectivity index (χ1) is 18.6. The second kappa shape index (κ2) is 10.5. The Morgan fingerprint density at radius 3 is 2.79 bits per heavy atom. The Labute approximate surface area is 225 Å². The number of ether oxygens (including phenoxy) is 1. The summed E-state index contributed by atoms with van der Waals surface area (Å²) in [7, 11) is 5.12. The number of nitrogens with one attached hydrogen (secondary N) is 1. The van der Waals surface area contributed by atoms with E-state index in [-0.39, 0.29) is 17.4 Å². The summed E-state index contributed by atoms with van der Waals surface area (Å²) in [6.45, 7) is 5.83. The van der Waals surface area contributed by atoms with Gasteiger partial charge in [-0.25, -0.2) is 18.0 Å². The molecule has 4 heterocycles. The van der Waals surface area contributed by atoms with Crippen LogP contribution in [0.25, 0.3) is 17.2 Å². The summed E-state index contributed by atoms with van der Waals surface area (Å²) < 4.78 is 34.8. The van der Waals surface area contributed by atoms with Gasteiger partial charge in [0.15, 0.2) is 0 Å². The van der Waals surface area contributed by atoms with Crippen molar-refractivity contribution in [3.8, 4) is 5.88 Å². The normalized spacial score (nSPS) is 19.2. The van der Waals surface area contributed by atoms with Crippen LogP contribution in [-0.2, 0) is 17.8 Å². The molecule has 0 spiro atoms. The van der Waals surface area contributed by atoms with Crippen molar-refractivity contribution in [1.29, 1.82) is 0 Å². The fraction of sp³-hybridized carbons (Fsp3) is 0.577. The summed E-state index contributed by atoms with van der Waals surface area (Å²) in [4.78, 5) is 20.7. The van der Waals surface area contributed by atoms with Gasteiger partial charge in [0.25, 0.3) is 6.43 Å². The number of likely N-dealkylation sites (tertiary alicyclic amines) is 1. The van der Waals surface area contributed by atoms with Gasteiger partial charge in [-0.1, -0.05) is 19.1 Å². The number of piperidine rings is 1. The monoisotopic (exact) mass is 543 g/mol. The second-order valence-corrected chi connectivity index (χ2v) is 11.1. The first-order valence-electron chi connectivity index (χ1n) is 13.1. The van der Waals surface area contributed by atoms with E-state index in [1.54, 1.807) is 30.6 Å². The van der Waals surface area contributed by atoms with Gasteiger partial charge in [0.1, 0.15) is 12.1 Å². The van der Waals surface area contributed by atoms with Gasteiger partial charge >= 0.3 is 0 Å². The summed E-state index contributed by atoms with van der Waals surface area (Å²) in [5.41, 5.74) is 3.76. The Hall–Kier alpha value is -3.61. The number of aromatic nitrogens is 6. The van der Waals surface area contributed by atoms with Crippen LogP contribution in [0.2, 0.25) is 0 Å². The number of carbonyl (C=O) groups excluding carboxylic acids is 1. The molecule has 0 aromatic carbocycles. The van der Waals surface area contributed by atoms with E-state index in [4.69, 9.17) is 14.8 Å². The lowest BCUT2D eigenvalue weighted by Gasteiger charge is -2.44. The molecule has 1 atom stereocenters. The molecule has 1 N–H and O–H groups in total. The number of likely N-dealkylation sites (N-methyl/N-ethyl adjacent to an activating group) is 1. The van der Waals surface area contributed by atoms with Crippen molar-refractivity contribution < 1.29 is 18.3 Å². The highest BCUT2D eigenvalue weighted by Crippen LogP contribution is 2.36. The molecular formula is C26H35F2N9O2. The second-order valence-electron chi connectivity index (χ2n) is 11.1. The fourth-order valence-corrected chi connectivity index (χ4v) is 5.47. The van der Waals surface area contributed by atoms with Crippen LogP contribution in [0.15, 0.2) is 12.3 Å². The third-order valence-corrected chi connectivity index (χ3v) is 7.59. The van der Waals surface area contributed by atoms with Crippen LogP contribution in [0.5, 0.6) is 5.88 Å². The van der Waals surface area contributed by atoms with Gasteiger partial charge in [-0.3, -0.25) is 9.69 Å². The maximum absolute atomic E-state index is 13.0. The number of aryl methyl sites for hydroxylation is 1. The topological polar surface area (TPSA) is 106 Å². The fourth-order valence-electron chi connectivity index (χ4n) is 5.47. The van der Waals surface area contributed by atoms with Crippen molar-refractivity contribution in [2.24, 2.45) is 5.41 Å². The molecule has 1 fully saturated rings. The van der Waals surface area contributed by atoms with Crippen LogP contribution in [0.4, 0.5) is 14.7 Å². The zero-order valence-corrected chi connectivity index (χ0v) is 23.0. The third-order valence-electron chi connectivity index (χ3n) is 7.59. The number of allylic oxidation sites excluding steroid dienone is 1. The lowest BCUT2D eigenvalue weighted by atomic mass is 9.79. The molecule has 39 heavy (non-hydrogen) atoms. The minimum absolute atomic E-state index is 0.0955. The average molecular weight is 544 g/mol. The van der Waals surface area contributed by atoms with Crippen molar-refractivity contribution >= 4 is 29.0 Å². The van der Waals surface area contributed by atoms with Crippen LogP contribution in [0.1, 0.15) is 43.6 Å². The number of hydrogen-bond acceptors (Lipinski definition) is 8. The maximum atomic E-state index is 13.0. The summed E-state index contributed by atoms with van der Waals surface area (Å²) in [6.07, 6.45) is 3.35. The Morgan fingerprint density at radius 2 is 2.10 bits per heavy atom. The number of carbonyl (C=O) groups is 1. The molecule has 0 bridgehead atoms. The number of nitrogens with zero attached hydrogens (tertiary/aromatic N) is 8. The largest absolute Gasteiger partial charge is 0.479 e. The summed E-state index contributed by atoms with van der Waals surface area (Å²) in [5, 5.41) is 16.2. The van der Waals surface area contributed by atoms with E-state index in [1.807, 2.05) is 18.3 Å². The number of methoxy groups -OCH3 is 1. The minimum atomic E-state index is -2.51. The molecule has 1 aliphatic carbocycles. The van der Waals surface area contributed by atoms with E-state index in [2.05, 4.69) is 34.4 Å². The van der Waals surface area contributed by atoms with E-state index in [0.29, 0.717) is 42.4 Å². The van der Waals surface area contributed by atoms with Crippen molar-refractivity contribution in [1.82, 2.24) is 39.4 Å².